The molecule has 0 radical (unpaired) electrons. The third kappa shape index (κ3) is 1.96. The van der Waals surface area contributed by atoms with Gasteiger partial charge in [0.25, 0.3) is 0 Å². The fraction of sp³-hybridized carbons (Fsp3) is 0.667. The maximum Gasteiger partial charge on any atom is 0.107 e. The van der Waals surface area contributed by atoms with Gasteiger partial charge in [-0.15, -0.1) is 0 Å². The van der Waals surface area contributed by atoms with Crippen LogP contribution in [-0.2, 0) is 19.3 Å². The van der Waals surface area contributed by atoms with Gasteiger partial charge < -0.3 is 4.42 Å². The molecule has 0 amide bonds. The molecular weight excluding hydrogens is 160 g/mol. The molecule has 2 rings (SSSR count). The lowest BCUT2D eigenvalue weighted by Crippen LogP contribution is -1.81. The fourth-order valence-electron chi connectivity index (χ4n) is 2.10. The summed E-state index contributed by atoms with van der Waals surface area (Å²) in [5.41, 5.74) is 1.49. The highest BCUT2D eigenvalue weighted by Gasteiger charge is 2.12. The summed E-state index contributed by atoms with van der Waals surface area (Å²) in [7, 11) is 0. The maximum absolute atomic E-state index is 5.83. The normalized spacial score (nSPS) is 16.7. The molecule has 1 heterocycles. The molecule has 0 aromatic carbocycles. The lowest BCUT2D eigenvalue weighted by atomic mass is 10.1. The van der Waals surface area contributed by atoms with Gasteiger partial charge in [-0.25, -0.2) is 0 Å². The smallest absolute Gasteiger partial charge is 0.107 e. The predicted octanol–water partition coefficient (Wildman–Crippen LogP) is 3.50. The van der Waals surface area contributed by atoms with Crippen molar-refractivity contribution in [1.82, 2.24) is 0 Å². The number of furan rings is 1. The van der Waals surface area contributed by atoms with E-state index in [2.05, 4.69) is 13.0 Å². The summed E-state index contributed by atoms with van der Waals surface area (Å²) in [6, 6.07) is 2.28. The highest BCUT2D eigenvalue weighted by Crippen LogP contribution is 2.24. The summed E-state index contributed by atoms with van der Waals surface area (Å²) in [5, 5.41) is 0. The molecule has 0 saturated carbocycles. The van der Waals surface area contributed by atoms with E-state index in [1.807, 2.05) is 0 Å². The van der Waals surface area contributed by atoms with Crippen molar-refractivity contribution in [3.63, 3.8) is 0 Å². The first kappa shape index (κ1) is 8.86. The van der Waals surface area contributed by atoms with E-state index >= 15 is 0 Å². The Morgan fingerprint density at radius 1 is 1.23 bits per heavy atom. The quantitative estimate of drug-likeness (QED) is 0.632. The highest BCUT2D eigenvalue weighted by molar-refractivity contribution is 5.23. The van der Waals surface area contributed by atoms with Crippen LogP contribution in [0.15, 0.2) is 10.5 Å². The van der Waals surface area contributed by atoms with Crippen molar-refractivity contribution in [3.05, 3.63) is 23.2 Å². The number of rotatable bonds is 2. The topological polar surface area (TPSA) is 13.1 Å². The Bertz CT molecular complexity index is 249. The highest BCUT2D eigenvalue weighted by atomic mass is 16.3. The van der Waals surface area contributed by atoms with Crippen LogP contribution in [0.2, 0.25) is 0 Å². The molecule has 0 fully saturated rings. The van der Waals surface area contributed by atoms with E-state index in [-0.39, 0.29) is 0 Å². The summed E-state index contributed by atoms with van der Waals surface area (Å²) in [4.78, 5) is 0. The summed E-state index contributed by atoms with van der Waals surface area (Å²) in [6.07, 6.45) is 8.72. The Morgan fingerprint density at radius 2 is 2.08 bits per heavy atom. The van der Waals surface area contributed by atoms with Crippen LogP contribution in [0, 0.1) is 0 Å². The Kier molecular flexibility index (Phi) is 2.72. The number of aryl methyl sites for hydroxylation is 3. The van der Waals surface area contributed by atoms with Gasteiger partial charge in [-0.3, -0.25) is 0 Å². The average molecular weight is 178 g/mol. The van der Waals surface area contributed by atoms with Gasteiger partial charge in [0.2, 0.25) is 0 Å². The Labute approximate surface area is 80.1 Å². The minimum absolute atomic E-state index is 1.10. The zero-order chi connectivity index (χ0) is 9.10. The van der Waals surface area contributed by atoms with Crippen molar-refractivity contribution in [1.29, 1.82) is 0 Å². The van der Waals surface area contributed by atoms with E-state index in [1.54, 1.807) is 0 Å². The second-order valence-electron chi connectivity index (χ2n) is 3.97. The number of fused-ring (bicyclic) bond motifs is 1. The molecular formula is C12H18O. The summed E-state index contributed by atoms with van der Waals surface area (Å²) >= 11 is 0. The molecule has 0 N–H and O–H groups in total. The Morgan fingerprint density at radius 3 is 2.92 bits per heavy atom. The first-order valence-electron chi connectivity index (χ1n) is 5.50. The second kappa shape index (κ2) is 3.99. The van der Waals surface area contributed by atoms with E-state index in [0.717, 1.165) is 6.42 Å². The second-order valence-corrected chi connectivity index (χ2v) is 3.97. The molecule has 13 heavy (non-hydrogen) atoms. The van der Waals surface area contributed by atoms with Crippen LogP contribution in [0.1, 0.15) is 49.7 Å². The van der Waals surface area contributed by atoms with Crippen molar-refractivity contribution in [2.45, 2.75) is 51.9 Å². The van der Waals surface area contributed by atoms with Gasteiger partial charge in [-0.2, -0.15) is 0 Å². The first-order valence-corrected chi connectivity index (χ1v) is 5.50. The molecule has 0 atom stereocenters. The first-order chi connectivity index (χ1) is 6.40. The van der Waals surface area contributed by atoms with Crippen molar-refractivity contribution >= 4 is 0 Å². The molecule has 1 heteroatoms. The maximum atomic E-state index is 5.83. The molecule has 0 aliphatic heterocycles. The van der Waals surface area contributed by atoms with E-state index < -0.39 is 0 Å². The van der Waals surface area contributed by atoms with Crippen LogP contribution in [0.5, 0.6) is 0 Å². The van der Waals surface area contributed by atoms with Gasteiger partial charge in [0, 0.05) is 12.8 Å². The van der Waals surface area contributed by atoms with E-state index in [4.69, 9.17) is 4.42 Å². The van der Waals surface area contributed by atoms with Crippen LogP contribution in [0.4, 0.5) is 0 Å². The van der Waals surface area contributed by atoms with Gasteiger partial charge in [-0.1, -0.05) is 13.3 Å². The van der Waals surface area contributed by atoms with E-state index in [9.17, 15) is 0 Å². The molecule has 1 aliphatic carbocycles. The van der Waals surface area contributed by atoms with Gasteiger partial charge >= 0.3 is 0 Å². The fourth-order valence-corrected chi connectivity index (χ4v) is 2.10. The molecule has 0 unspecified atom stereocenters. The molecule has 1 nitrogen and oxygen atoms in total. The number of hydrogen-bond acceptors (Lipinski definition) is 1. The van der Waals surface area contributed by atoms with Crippen LogP contribution in [0.3, 0.4) is 0 Å². The SMILES string of the molecule is CCCc1cc2c(o1)CCCCC2. The zero-order valence-corrected chi connectivity index (χ0v) is 8.44. The molecule has 1 aromatic rings. The summed E-state index contributed by atoms with van der Waals surface area (Å²) in [5.74, 6) is 2.48. The Balaban J connectivity index is 2.17. The van der Waals surface area contributed by atoms with Gasteiger partial charge in [0.1, 0.15) is 11.5 Å². The lowest BCUT2D eigenvalue weighted by molar-refractivity contribution is 0.457. The lowest BCUT2D eigenvalue weighted by Gasteiger charge is -1.93. The largest absolute Gasteiger partial charge is 0.466 e. The van der Waals surface area contributed by atoms with Gasteiger partial charge in [-0.05, 0) is 37.3 Å². The predicted molar refractivity (Wildman–Crippen MR) is 54.0 cm³/mol. The molecule has 0 bridgehead atoms. The molecule has 1 aromatic heterocycles. The minimum Gasteiger partial charge on any atom is -0.466 e. The van der Waals surface area contributed by atoms with Crippen molar-refractivity contribution < 1.29 is 4.42 Å². The average Bonchev–Trinajstić information content (AvgIpc) is 2.37. The number of hydrogen-bond donors (Lipinski definition) is 0. The molecule has 1 aliphatic rings. The Hall–Kier alpha value is -0.720. The molecule has 0 saturated heterocycles. The van der Waals surface area contributed by atoms with Crippen LogP contribution >= 0.6 is 0 Å². The molecule has 72 valence electrons. The van der Waals surface area contributed by atoms with Crippen LogP contribution < -0.4 is 0 Å². The van der Waals surface area contributed by atoms with Gasteiger partial charge in [0.15, 0.2) is 0 Å². The van der Waals surface area contributed by atoms with Crippen LogP contribution in [-0.4, -0.2) is 0 Å². The third-order valence-corrected chi connectivity index (χ3v) is 2.79. The molecule has 0 spiro atoms. The van der Waals surface area contributed by atoms with Crippen molar-refractivity contribution in [2.24, 2.45) is 0 Å². The van der Waals surface area contributed by atoms with Crippen LogP contribution in [0.25, 0.3) is 0 Å². The van der Waals surface area contributed by atoms with Gasteiger partial charge in [0.05, 0.1) is 0 Å². The van der Waals surface area contributed by atoms with Crippen molar-refractivity contribution in [2.75, 3.05) is 0 Å². The van der Waals surface area contributed by atoms with E-state index in [0.29, 0.717) is 0 Å². The third-order valence-electron chi connectivity index (χ3n) is 2.79. The monoisotopic (exact) mass is 178 g/mol. The summed E-state index contributed by atoms with van der Waals surface area (Å²) < 4.78 is 5.83. The van der Waals surface area contributed by atoms with E-state index in [1.165, 1.54) is 55.6 Å². The van der Waals surface area contributed by atoms with Crippen molar-refractivity contribution in [3.8, 4) is 0 Å². The minimum atomic E-state index is 1.10. The standard InChI is InChI=1S/C12H18O/c1-2-6-11-9-10-7-4-3-5-8-12(10)13-11/h9H,2-8H2,1H3. The zero-order valence-electron chi connectivity index (χ0n) is 8.44. The summed E-state index contributed by atoms with van der Waals surface area (Å²) in [6.45, 7) is 2.20.